The van der Waals surface area contributed by atoms with Crippen molar-refractivity contribution in [2.24, 2.45) is 5.73 Å². The Balaban J connectivity index is 3.46. The molecule has 0 heterocycles. The summed E-state index contributed by atoms with van der Waals surface area (Å²) in [7, 11) is 0. The molecular weight excluding hydrogens is 170 g/mol. The fraction of sp³-hybridized carbons (Fsp3) is 0.750. The van der Waals surface area contributed by atoms with Crippen LogP contribution in [0.15, 0.2) is 0 Å². The fourth-order valence-corrected chi connectivity index (χ4v) is 0.727. The summed E-state index contributed by atoms with van der Waals surface area (Å²) in [6.07, 6.45) is 0.890. The van der Waals surface area contributed by atoms with Crippen molar-refractivity contribution < 1.29 is 9.59 Å². The van der Waals surface area contributed by atoms with Gasteiger partial charge in [-0.1, -0.05) is 6.92 Å². The first-order valence-corrected chi connectivity index (χ1v) is 4.34. The van der Waals surface area contributed by atoms with Gasteiger partial charge in [-0.25, -0.2) is 0 Å². The molecule has 2 amide bonds. The summed E-state index contributed by atoms with van der Waals surface area (Å²) in [4.78, 5) is 21.4. The molecule has 13 heavy (non-hydrogen) atoms. The predicted molar refractivity (Wildman–Crippen MR) is 50.0 cm³/mol. The molecule has 0 rings (SSSR count). The van der Waals surface area contributed by atoms with Gasteiger partial charge < -0.3 is 11.1 Å². The van der Waals surface area contributed by atoms with Crippen LogP contribution in [0.3, 0.4) is 0 Å². The first kappa shape index (κ1) is 11.9. The number of amides is 2. The highest BCUT2D eigenvalue weighted by Crippen LogP contribution is 1.85. The van der Waals surface area contributed by atoms with Gasteiger partial charge in [-0.2, -0.15) is 0 Å². The van der Waals surface area contributed by atoms with Crippen LogP contribution >= 0.6 is 0 Å². The minimum absolute atomic E-state index is 0.0356. The Hall–Kier alpha value is -1.10. The van der Waals surface area contributed by atoms with E-state index in [4.69, 9.17) is 5.73 Å². The molecule has 5 nitrogen and oxygen atoms in total. The Kier molecular flexibility index (Phi) is 5.88. The van der Waals surface area contributed by atoms with Crippen LogP contribution in [0.4, 0.5) is 0 Å². The van der Waals surface area contributed by atoms with Crippen LogP contribution in [-0.4, -0.2) is 30.9 Å². The standard InChI is InChI=1S/C8H17N3O2/c1-3-6(2)11-8(13)5-10-4-7(9)12/h6,10H,3-5H2,1-2H3,(H2,9,12)(H,11,13). The molecule has 1 atom stereocenters. The zero-order chi connectivity index (χ0) is 10.3. The molecule has 0 aromatic rings. The summed E-state index contributed by atoms with van der Waals surface area (Å²) in [5.74, 6) is -0.577. The third-order valence-corrected chi connectivity index (χ3v) is 1.60. The smallest absolute Gasteiger partial charge is 0.234 e. The lowest BCUT2D eigenvalue weighted by Crippen LogP contribution is -2.41. The highest BCUT2D eigenvalue weighted by Gasteiger charge is 2.04. The summed E-state index contributed by atoms with van der Waals surface area (Å²) >= 11 is 0. The second-order valence-electron chi connectivity index (χ2n) is 2.95. The lowest BCUT2D eigenvalue weighted by Gasteiger charge is -2.11. The van der Waals surface area contributed by atoms with Crippen molar-refractivity contribution in [1.82, 2.24) is 10.6 Å². The predicted octanol–water partition coefficient (Wildman–Crippen LogP) is -1.02. The van der Waals surface area contributed by atoms with Crippen molar-refractivity contribution in [3.05, 3.63) is 0 Å². The third-order valence-electron chi connectivity index (χ3n) is 1.60. The number of nitrogens with one attached hydrogen (secondary N) is 2. The number of hydrogen-bond acceptors (Lipinski definition) is 3. The molecule has 5 heteroatoms. The Bertz CT molecular complexity index is 182. The average Bonchev–Trinajstić information content (AvgIpc) is 2.03. The summed E-state index contributed by atoms with van der Waals surface area (Å²) in [5.41, 5.74) is 4.87. The number of carbonyl (C=O) groups is 2. The minimum atomic E-state index is -0.462. The Labute approximate surface area is 78.1 Å². The molecule has 0 aliphatic rings. The Morgan fingerprint density at radius 1 is 1.38 bits per heavy atom. The quantitative estimate of drug-likeness (QED) is 0.497. The molecule has 0 bridgehead atoms. The number of nitrogens with two attached hydrogens (primary N) is 1. The molecule has 1 unspecified atom stereocenters. The van der Waals surface area contributed by atoms with E-state index in [1.807, 2.05) is 13.8 Å². The summed E-state index contributed by atoms with van der Waals surface area (Å²) in [6, 6.07) is 0.169. The van der Waals surface area contributed by atoms with Crippen molar-refractivity contribution in [2.45, 2.75) is 26.3 Å². The second kappa shape index (κ2) is 6.42. The number of primary amides is 1. The highest BCUT2D eigenvalue weighted by atomic mass is 16.2. The van der Waals surface area contributed by atoms with Gasteiger partial charge in [-0.3, -0.25) is 14.9 Å². The Morgan fingerprint density at radius 2 is 2.00 bits per heavy atom. The average molecular weight is 187 g/mol. The lowest BCUT2D eigenvalue weighted by molar-refractivity contribution is -0.121. The van der Waals surface area contributed by atoms with Gasteiger partial charge in [0.05, 0.1) is 13.1 Å². The van der Waals surface area contributed by atoms with Gasteiger partial charge in [0.15, 0.2) is 0 Å². The number of rotatable bonds is 6. The zero-order valence-corrected chi connectivity index (χ0v) is 8.09. The SMILES string of the molecule is CCC(C)NC(=O)CNCC(N)=O. The monoisotopic (exact) mass is 187 g/mol. The van der Waals surface area contributed by atoms with Gasteiger partial charge in [0, 0.05) is 6.04 Å². The van der Waals surface area contributed by atoms with E-state index >= 15 is 0 Å². The van der Waals surface area contributed by atoms with Crippen molar-refractivity contribution in [2.75, 3.05) is 13.1 Å². The molecule has 0 saturated carbocycles. The van der Waals surface area contributed by atoms with Gasteiger partial charge >= 0.3 is 0 Å². The largest absolute Gasteiger partial charge is 0.369 e. The van der Waals surface area contributed by atoms with E-state index < -0.39 is 5.91 Å². The maximum absolute atomic E-state index is 11.1. The molecule has 0 fully saturated rings. The van der Waals surface area contributed by atoms with Crippen LogP contribution in [0.25, 0.3) is 0 Å². The lowest BCUT2D eigenvalue weighted by atomic mass is 10.2. The van der Waals surface area contributed by atoms with Crippen LogP contribution in [0.2, 0.25) is 0 Å². The van der Waals surface area contributed by atoms with Crippen molar-refractivity contribution in [1.29, 1.82) is 0 Å². The van der Waals surface area contributed by atoms with Crippen LogP contribution in [-0.2, 0) is 9.59 Å². The van der Waals surface area contributed by atoms with E-state index in [1.165, 1.54) is 0 Å². The van der Waals surface area contributed by atoms with E-state index in [0.717, 1.165) is 6.42 Å². The van der Waals surface area contributed by atoms with Gasteiger partial charge in [0.1, 0.15) is 0 Å². The zero-order valence-electron chi connectivity index (χ0n) is 8.09. The summed E-state index contributed by atoms with van der Waals surface area (Å²) in [6.45, 7) is 4.08. The second-order valence-corrected chi connectivity index (χ2v) is 2.95. The first-order chi connectivity index (χ1) is 6.06. The minimum Gasteiger partial charge on any atom is -0.369 e. The van der Waals surface area contributed by atoms with Crippen LogP contribution in [0.1, 0.15) is 20.3 Å². The normalized spacial score (nSPS) is 12.2. The number of hydrogen-bond donors (Lipinski definition) is 3. The summed E-state index contributed by atoms with van der Waals surface area (Å²) < 4.78 is 0. The van der Waals surface area contributed by atoms with Crippen molar-refractivity contribution >= 4 is 11.8 Å². The summed E-state index contributed by atoms with van der Waals surface area (Å²) in [5, 5.41) is 5.38. The Morgan fingerprint density at radius 3 is 2.46 bits per heavy atom. The van der Waals surface area contributed by atoms with Crippen molar-refractivity contribution in [3.8, 4) is 0 Å². The number of carbonyl (C=O) groups excluding carboxylic acids is 2. The van der Waals surface area contributed by atoms with E-state index in [9.17, 15) is 9.59 Å². The maximum atomic E-state index is 11.1. The third kappa shape index (κ3) is 7.27. The highest BCUT2D eigenvalue weighted by molar-refractivity contribution is 5.80. The van der Waals surface area contributed by atoms with Gasteiger partial charge in [0.2, 0.25) is 11.8 Å². The van der Waals surface area contributed by atoms with Crippen LogP contribution in [0, 0.1) is 0 Å². The molecule has 76 valence electrons. The van der Waals surface area contributed by atoms with Gasteiger partial charge in [-0.05, 0) is 13.3 Å². The molecule has 0 spiro atoms. The maximum Gasteiger partial charge on any atom is 0.234 e. The fourth-order valence-electron chi connectivity index (χ4n) is 0.727. The van der Waals surface area contributed by atoms with E-state index in [-0.39, 0.29) is 25.0 Å². The van der Waals surface area contributed by atoms with E-state index in [0.29, 0.717) is 0 Å². The van der Waals surface area contributed by atoms with Crippen molar-refractivity contribution in [3.63, 3.8) is 0 Å². The molecule has 0 aliphatic carbocycles. The molecular formula is C8H17N3O2. The van der Waals surface area contributed by atoms with E-state index in [1.54, 1.807) is 0 Å². The molecule has 0 aromatic heterocycles. The van der Waals surface area contributed by atoms with Gasteiger partial charge in [-0.15, -0.1) is 0 Å². The first-order valence-electron chi connectivity index (χ1n) is 4.34. The molecule has 0 radical (unpaired) electrons. The molecule has 0 aromatic carbocycles. The topological polar surface area (TPSA) is 84.2 Å². The van der Waals surface area contributed by atoms with Crippen LogP contribution in [0.5, 0.6) is 0 Å². The molecule has 0 saturated heterocycles. The molecule has 4 N–H and O–H groups in total. The van der Waals surface area contributed by atoms with Gasteiger partial charge in [0.25, 0.3) is 0 Å². The van der Waals surface area contributed by atoms with E-state index in [2.05, 4.69) is 10.6 Å². The van der Waals surface area contributed by atoms with Crippen LogP contribution < -0.4 is 16.4 Å². The molecule has 0 aliphatic heterocycles.